The lowest BCUT2D eigenvalue weighted by Gasteiger charge is -2.38. The van der Waals surface area contributed by atoms with Crippen molar-refractivity contribution in [3.05, 3.63) is 29.3 Å². The van der Waals surface area contributed by atoms with Crippen LogP contribution in [0.3, 0.4) is 0 Å². The molecule has 1 fully saturated rings. The number of imide groups is 2. The van der Waals surface area contributed by atoms with E-state index in [0.717, 1.165) is 4.90 Å². The van der Waals surface area contributed by atoms with Crippen molar-refractivity contribution in [3.8, 4) is 0 Å². The van der Waals surface area contributed by atoms with E-state index in [9.17, 15) is 19.2 Å². The van der Waals surface area contributed by atoms with Crippen molar-refractivity contribution in [2.75, 3.05) is 12.3 Å². The Bertz CT molecular complexity index is 730. The van der Waals surface area contributed by atoms with Crippen molar-refractivity contribution in [1.29, 1.82) is 0 Å². The second-order valence-corrected chi connectivity index (χ2v) is 5.41. The van der Waals surface area contributed by atoms with Crippen LogP contribution in [0.25, 0.3) is 0 Å². The fourth-order valence-electron chi connectivity index (χ4n) is 2.95. The Morgan fingerprint density at radius 1 is 1.18 bits per heavy atom. The number of hydrogen-bond acceptors (Lipinski definition) is 5. The van der Waals surface area contributed by atoms with Gasteiger partial charge in [0.2, 0.25) is 5.91 Å². The molecule has 1 saturated heterocycles. The average Bonchev–Trinajstić information content (AvgIpc) is 2.72. The van der Waals surface area contributed by atoms with Gasteiger partial charge in [0.05, 0.1) is 11.1 Å². The number of fused-ring (bicyclic) bond motifs is 1. The van der Waals surface area contributed by atoms with E-state index in [-0.39, 0.29) is 30.5 Å². The summed E-state index contributed by atoms with van der Waals surface area (Å²) in [6, 6.07) is 4.40. The van der Waals surface area contributed by atoms with Gasteiger partial charge < -0.3 is 11.5 Å². The van der Waals surface area contributed by atoms with Crippen molar-refractivity contribution < 1.29 is 24.9 Å². The number of benzene rings is 1. The molecule has 1 atom stereocenters. The molecule has 2 heterocycles. The molecule has 6 N–H and O–H groups in total. The van der Waals surface area contributed by atoms with Gasteiger partial charge in [-0.1, -0.05) is 0 Å². The van der Waals surface area contributed by atoms with E-state index in [0.29, 0.717) is 5.69 Å². The highest BCUT2D eigenvalue weighted by molar-refractivity contribution is 6.24. The van der Waals surface area contributed by atoms with Crippen LogP contribution in [-0.2, 0) is 9.59 Å². The minimum atomic E-state index is -1.43. The number of nitrogen functional groups attached to an aromatic ring is 1. The molecule has 0 bridgehead atoms. The highest BCUT2D eigenvalue weighted by Crippen LogP contribution is 2.34. The number of anilines is 1. The van der Waals surface area contributed by atoms with Crippen LogP contribution in [0.2, 0.25) is 0 Å². The monoisotopic (exact) mass is 303 g/mol. The summed E-state index contributed by atoms with van der Waals surface area (Å²) in [7, 11) is 0. The SMILES string of the molecule is Nc1ccc2c(c1)C(=O)N(C1(C[NH3+])CCC(=O)NC1=O)C2=O. The van der Waals surface area contributed by atoms with Crippen LogP contribution in [0.1, 0.15) is 33.6 Å². The van der Waals surface area contributed by atoms with Crippen molar-refractivity contribution in [2.24, 2.45) is 0 Å². The van der Waals surface area contributed by atoms with Crippen LogP contribution in [-0.4, -0.2) is 40.6 Å². The third-order valence-corrected chi connectivity index (χ3v) is 4.19. The summed E-state index contributed by atoms with van der Waals surface area (Å²) >= 11 is 0. The average molecular weight is 303 g/mol. The van der Waals surface area contributed by atoms with E-state index < -0.39 is 29.2 Å². The number of carbonyl (C=O) groups excluding carboxylic acids is 4. The maximum atomic E-state index is 12.6. The second kappa shape index (κ2) is 4.63. The minimum absolute atomic E-state index is 0.00688. The Morgan fingerprint density at radius 3 is 2.50 bits per heavy atom. The van der Waals surface area contributed by atoms with E-state index in [1.165, 1.54) is 18.2 Å². The Labute approximate surface area is 125 Å². The third kappa shape index (κ3) is 1.74. The molecule has 2 aliphatic rings. The number of quaternary nitrogens is 1. The maximum Gasteiger partial charge on any atom is 0.262 e. The lowest BCUT2D eigenvalue weighted by molar-refractivity contribution is -0.384. The Hall–Kier alpha value is -2.74. The van der Waals surface area contributed by atoms with Crippen molar-refractivity contribution in [2.45, 2.75) is 18.4 Å². The van der Waals surface area contributed by atoms with E-state index in [2.05, 4.69) is 11.1 Å². The lowest BCUT2D eigenvalue weighted by Crippen LogP contribution is -2.75. The number of amides is 4. The summed E-state index contributed by atoms with van der Waals surface area (Å²) in [5.41, 5.74) is 8.66. The molecule has 0 aliphatic carbocycles. The summed E-state index contributed by atoms with van der Waals surface area (Å²) in [5.74, 6) is -2.23. The fourth-order valence-corrected chi connectivity index (χ4v) is 2.95. The first-order chi connectivity index (χ1) is 10.4. The molecule has 2 aliphatic heterocycles. The first-order valence-corrected chi connectivity index (χ1v) is 6.82. The predicted molar refractivity (Wildman–Crippen MR) is 74.2 cm³/mol. The van der Waals surface area contributed by atoms with Crippen LogP contribution in [0.5, 0.6) is 0 Å². The second-order valence-electron chi connectivity index (χ2n) is 5.41. The Kier molecular flexibility index (Phi) is 2.99. The van der Waals surface area contributed by atoms with Crippen LogP contribution in [0.15, 0.2) is 18.2 Å². The standard InChI is InChI=1S/C14H14N4O4/c15-6-14(4-3-10(19)17-13(14)22)18-11(20)8-2-1-7(16)5-9(8)12(18)21/h1-2,5H,3-4,6,15-16H2,(H,17,19,22)/p+1. The largest absolute Gasteiger partial charge is 0.399 e. The number of nitrogens with one attached hydrogen (secondary N) is 1. The van der Waals surface area contributed by atoms with Crippen molar-refractivity contribution in [1.82, 2.24) is 10.2 Å². The summed E-state index contributed by atoms with van der Waals surface area (Å²) in [6.45, 7) is -0.00688. The zero-order valence-electron chi connectivity index (χ0n) is 11.7. The molecular weight excluding hydrogens is 288 g/mol. The highest BCUT2D eigenvalue weighted by atomic mass is 16.2. The molecule has 1 aromatic carbocycles. The number of hydrogen-bond donors (Lipinski definition) is 3. The molecular formula is C14H15N4O4+. The first kappa shape index (κ1) is 14.2. The van der Waals surface area contributed by atoms with Gasteiger partial charge in [-0.3, -0.25) is 29.4 Å². The molecule has 0 saturated carbocycles. The molecule has 0 spiro atoms. The molecule has 1 unspecified atom stereocenters. The van der Waals surface area contributed by atoms with Gasteiger partial charge in [0, 0.05) is 12.1 Å². The van der Waals surface area contributed by atoms with Gasteiger partial charge in [-0.25, -0.2) is 0 Å². The molecule has 114 valence electrons. The van der Waals surface area contributed by atoms with Crippen LogP contribution in [0.4, 0.5) is 5.69 Å². The molecule has 8 nitrogen and oxygen atoms in total. The summed E-state index contributed by atoms with van der Waals surface area (Å²) in [6.07, 6.45) is 0.124. The number of piperidine rings is 1. The van der Waals surface area contributed by atoms with Gasteiger partial charge in [-0.05, 0) is 24.6 Å². The third-order valence-electron chi connectivity index (χ3n) is 4.19. The Balaban J connectivity index is 2.09. The van der Waals surface area contributed by atoms with E-state index in [1.807, 2.05) is 0 Å². The highest BCUT2D eigenvalue weighted by Gasteiger charge is 2.56. The predicted octanol–water partition coefficient (Wildman–Crippen LogP) is -1.72. The molecule has 3 rings (SSSR count). The van der Waals surface area contributed by atoms with Gasteiger partial charge >= 0.3 is 0 Å². The zero-order chi connectivity index (χ0) is 16.1. The topological polar surface area (TPSA) is 137 Å². The van der Waals surface area contributed by atoms with E-state index in [1.54, 1.807) is 0 Å². The molecule has 0 aromatic heterocycles. The van der Waals surface area contributed by atoms with Gasteiger partial charge in [-0.15, -0.1) is 0 Å². The number of rotatable bonds is 2. The molecule has 1 aromatic rings. The van der Waals surface area contributed by atoms with Crippen LogP contribution < -0.4 is 16.8 Å². The van der Waals surface area contributed by atoms with Crippen LogP contribution >= 0.6 is 0 Å². The fraction of sp³-hybridized carbons (Fsp3) is 0.286. The number of nitrogens with zero attached hydrogens (tertiary/aromatic N) is 1. The van der Waals surface area contributed by atoms with Gasteiger partial charge in [0.1, 0.15) is 6.54 Å². The van der Waals surface area contributed by atoms with Crippen LogP contribution in [0, 0.1) is 0 Å². The molecule has 4 amide bonds. The number of carbonyl (C=O) groups is 4. The molecule has 0 radical (unpaired) electrons. The summed E-state index contributed by atoms with van der Waals surface area (Å²) in [4.78, 5) is 49.8. The van der Waals surface area contributed by atoms with Crippen molar-refractivity contribution in [3.63, 3.8) is 0 Å². The van der Waals surface area contributed by atoms with E-state index in [4.69, 9.17) is 5.73 Å². The maximum absolute atomic E-state index is 12.6. The van der Waals surface area contributed by atoms with E-state index >= 15 is 0 Å². The van der Waals surface area contributed by atoms with Gasteiger partial charge in [0.15, 0.2) is 5.54 Å². The number of nitrogens with two attached hydrogens (primary N) is 1. The molecule has 22 heavy (non-hydrogen) atoms. The smallest absolute Gasteiger partial charge is 0.262 e. The van der Waals surface area contributed by atoms with Crippen molar-refractivity contribution >= 4 is 29.3 Å². The first-order valence-electron chi connectivity index (χ1n) is 6.82. The van der Waals surface area contributed by atoms with Gasteiger partial charge in [-0.2, -0.15) is 0 Å². The summed E-state index contributed by atoms with van der Waals surface area (Å²) in [5, 5.41) is 2.19. The normalized spacial score (nSPS) is 24.5. The Morgan fingerprint density at radius 2 is 1.86 bits per heavy atom. The molecule has 8 heteroatoms. The minimum Gasteiger partial charge on any atom is -0.399 e. The lowest BCUT2D eigenvalue weighted by atomic mass is 9.87. The summed E-state index contributed by atoms with van der Waals surface area (Å²) < 4.78 is 0. The quantitative estimate of drug-likeness (QED) is 0.441. The van der Waals surface area contributed by atoms with Gasteiger partial charge in [0.25, 0.3) is 17.7 Å². The zero-order valence-corrected chi connectivity index (χ0v) is 11.7.